The molecule has 1 aromatic carbocycles. The van der Waals surface area contributed by atoms with Gasteiger partial charge in [0.1, 0.15) is 5.60 Å². The van der Waals surface area contributed by atoms with E-state index in [9.17, 15) is 14.4 Å². The Balaban J connectivity index is 1.95. The summed E-state index contributed by atoms with van der Waals surface area (Å²) in [5.74, 6) is -0.894. The van der Waals surface area contributed by atoms with Crippen LogP contribution in [0.2, 0.25) is 0 Å². The largest absolute Gasteiger partial charge is 0.462 e. The molecule has 0 aromatic heterocycles. The summed E-state index contributed by atoms with van der Waals surface area (Å²) < 4.78 is 10.6. The molecule has 0 spiro atoms. The lowest BCUT2D eigenvalue weighted by Gasteiger charge is -2.33. The van der Waals surface area contributed by atoms with Crippen LogP contribution < -0.4 is 5.32 Å². The molecule has 0 saturated carbocycles. The Hall–Kier alpha value is -2.57. The summed E-state index contributed by atoms with van der Waals surface area (Å²) >= 11 is 0. The Bertz CT molecular complexity index is 726. The van der Waals surface area contributed by atoms with Crippen LogP contribution in [0.3, 0.4) is 0 Å². The van der Waals surface area contributed by atoms with Crippen LogP contribution in [0, 0.1) is 5.92 Å². The monoisotopic (exact) mass is 404 g/mol. The van der Waals surface area contributed by atoms with Gasteiger partial charge < -0.3 is 19.7 Å². The Kier molecular flexibility index (Phi) is 8.05. The maximum absolute atomic E-state index is 12.7. The zero-order chi connectivity index (χ0) is 21.4. The van der Waals surface area contributed by atoms with Crippen LogP contribution in [0.5, 0.6) is 0 Å². The van der Waals surface area contributed by atoms with E-state index in [1.165, 1.54) is 0 Å². The summed E-state index contributed by atoms with van der Waals surface area (Å²) in [7, 11) is 0. The van der Waals surface area contributed by atoms with E-state index in [0.29, 0.717) is 37.4 Å². The SMILES string of the molecule is CCCCOC(=O)c1cccc(NC(=O)C2CCCN(C(=O)OC(C)(C)C)C2)c1. The average molecular weight is 405 g/mol. The summed E-state index contributed by atoms with van der Waals surface area (Å²) in [5.41, 5.74) is 0.366. The molecule has 160 valence electrons. The van der Waals surface area contributed by atoms with Crippen LogP contribution >= 0.6 is 0 Å². The highest BCUT2D eigenvalue weighted by Crippen LogP contribution is 2.21. The van der Waals surface area contributed by atoms with Crippen LogP contribution in [-0.4, -0.2) is 48.2 Å². The van der Waals surface area contributed by atoms with E-state index in [1.807, 2.05) is 27.7 Å². The molecule has 0 radical (unpaired) electrons. The van der Waals surface area contributed by atoms with Gasteiger partial charge in [-0.2, -0.15) is 0 Å². The van der Waals surface area contributed by atoms with Gasteiger partial charge in [0, 0.05) is 18.8 Å². The maximum atomic E-state index is 12.7. The van der Waals surface area contributed by atoms with Crippen molar-refractivity contribution in [3.05, 3.63) is 29.8 Å². The van der Waals surface area contributed by atoms with Crippen molar-refractivity contribution in [3.63, 3.8) is 0 Å². The lowest BCUT2D eigenvalue weighted by atomic mass is 9.97. The van der Waals surface area contributed by atoms with Crippen LogP contribution in [0.1, 0.15) is 63.7 Å². The molecule has 29 heavy (non-hydrogen) atoms. The van der Waals surface area contributed by atoms with Gasteiger partial charge in [0.25, 0.3) is 0 Å². The molecule has 1 atom stereocenters. The molecule has 1 fully saturated rings. The van der Waals surface area contributed by atoms with Crippen LogP contribution in [0.25, 0.3) is 0 Å². The van der Waals surface area contributed by atoms with Gasteiger partial charge in [0.2, 0.25) is 5.91 Å². The molecule has 1 aromatic rings. The molecular weight excluding hydrogens is 372 g/mol. The van der Waals surface area contributed by atoms with Crippen LogP contribution in [0.4, 0.5) is 10.5 Å². The van der Waals surface area contributed by atoms with Crippen LogP contribution in [-0.2, 0) is 14.3 Å². The number of hydrogen-bond donors (Lipinski definition) is 1. The smallest absolute Gasteiger partial charge is 0.410 e. The molecule has 2 amide bonds. The second kappa shape index (κ2) is 10.3. The van der Waals surface area contributed by atoms with Gasteiger partial charge >= 0.3 is 12.1 Å². The first-order valence-electron chi connectivity index (χ1n) is 10.3. The highest BCUT2D eigenvalue weighted by molar-refractivity contribution is 5.95. The fourth-order valence-electron chi connectivity index (χ4n) is 3.04. The molecule has 1 N–H and O–H groups in total. The van der Waals surface area contributed by atoms with E-state index in [1.54, 1.807) is 29.2 Å². The molecule has 1 aliphatic heterocycles. The van der Waals surface area contributed by atoms with Crippen LogP contribution in [0.15, 0.2) is 24.3 Å². The molecule has 7 heteroatoms. The number of likely N-dealkylation sites (tertiary alicyclic amines) is 1. The van der Waals surface area contributed by atoms with E-state index in [-0.39, 0.29) is 11.8 Å². The third kappa shape index (κ3) is 7.40. The standard InChI is InChI=1S/C22H32N2O5/c1-5-6-13-28-20(26)16-9-7-11-18(14-16)23-19(25)17-10-8-12-24(15-17)21(27)29-22(2,3)4/h7,9,11,14,17H,5-6,8,10,12-13,15H2,1-4H3,(H,23,25). The van der Waals surface area contributed by atoms with Gasteiger partial charge in [-0.05, 0) is 58.2 Å². The summed E-state index contributed by atoms with van der Waals surface area (Å²) in [5, 5.41) is 2.86. The fraction of sp³-hybridized carbons (Fsp3) is 0.591. The molecule has 1 saturated heterocycles. The number of rotatable bonds is 6. The quantitative estimate of drug-likeness (QED) is 0.566. The van der Waals surface area contributed by atoms with Crippen molar-refractivity contribution in [2.75, 3.05) is 25.0 Å². The van der Waals surface area contributed by atoms with Gasteiger partial charge in [0.05, 0.1) is 18.1 Å². The third-order valence-corrected chi connectivity index (χ3v) is 4.54. The second-order valence-corrected chi connectivity index (χ2v) is 8.33. The number of piperidine rings is 1. The number of benzene rings is 1. The summed E-state index contributed by atoms with van der Waals surface area (Å²) in [6.45, 7) is 8.77. The number of carbonyl (C=O) groups excluding carboxylic acids is 3. The number of anilines is 1. The molecule has 1 heterocycles. The van der Waals surface area contributed by atoms with E-state index < -0.39 is 17.7 Å². The number of nitrogens with zero attached hydrogens (tertiary/aromatic N) is 1. The minimum Gasteiger partial charge on any atom is -0.462 e. The zero-order valence-electron chi connectivity index (χ0n) is 17.8. The van der Waals surface area contributed by atoms with Gasteiger partial charge in [-0.15, -0.1) is 0 Å². The van der Waals surface area contributed by atoms with E-state index in [4.69, 9.17) is 9.47 Å². The second-order valence-electron chi connectivity index (χ2n) is 8.33. The van der Waals surface area contributed by atoms with Gasteiger partial charge in [0.15, 0.2) is 0 Å². The Morgan fingerprint density at radius 3 is 2.69 bits per heavy atom. The number of nitrogens with one attached hydrogen (secondary N) is 1. The topological polar surface area (TPSA) is 84.9 Å². The third-order valence-electron chi connectivity index (χ3n) is 4.54. The first-order valence-corrected chi connectivity index (χ1v) is 10.3. The average Bonchev–Trinajstić information content (AvgIpc) is 2.67. The number of carbonyl (C=O) groups is 3. The number of hydrogen-bond acceptors (Lipinski definition) is 5. The maximum Gasteiger partial charge on any atom is 0.410 e. The number of unbranched alkanes of at least 4 members (excludes halogenated alkanes) is 1. The number of amides is 2. The molecule has 0 aliphatic carbocycles. The van der Waals surface area contributed by atoms with Gasteiger partial charge in [-0.25, -0.2) is 9.59 Å². The Labute approximate surface area is 172 Å². The van der Waals surface area contributed by atoms with E-state index in [2.05, 4.69) is 5.32 Å². The molecule has 1 unspecified atom stereocenters. The normalized spacial score (nSPS) is 16.8. The van der Waals surface area contributed by atoms with Crippen molar-refractivity contribution in [2.45, 2.75) is 59.0 Å². The highest BCUT2D eigenvalue weighted by atomic mass is 16.6. The number of esters is 1. The lowest BCUT2D eigenvalue weighted by molar-refractivity contribution is -0.121. The molecule has 7 nitrogen and oxygen atoms in total. The van der Waals surface area contributed by atoms with Crippen molar-refractivity contribution in [3.8, 4) is 0 Å². The summed E-state index contributed by atoms with van der Waals surface area (Å²) in [6, 6.07) is 6.71. The van der Waals surface area contributed by atoms with Crippen molar-refractivity contribution < 1.29 is 23.9 Å². The number of ether oxygens (including phenoxy) is 2. The lowest BCUT2D eigenvalue weighted by Crippen LogP contribution is -2.45. The Morgan fingerprint density at radius 2 is 2.00 bits per heavy atom. The first kappa shape index (κ1) is 22.7. The first-order chi connectivity index (χ1) is 13.7. The predicted octanol–water partition coefficient (Wildman–Crippen LogP) is 4.23. The molecule has 0 bridgehead atoms. The molecule has 1 aliphatic rings. The van der Waals surface area contributed by atoms with Gasteiger partial charge in [-0.1, -0.05) is 19.4 Å². The predicted molar refractivity (Wildman–Crippen MR) is 111 cm³/mol. The van der Waals surface area contributed by atoms with Crippen molar-refractivity contribution in [1.29, 1.82) is 0 Å². The van der Waals surface area contributed by atoms with Gasteiger partial charge in [-0.3, -0.25) is 4.79 Å². The van der Waals surface area contributed by atoms with Crippen molar-refractivity contribution >= 4 is 23.7 Å². The minimum absolute atomic E-state index is 0.172. The summed E-state index contributed by atoms with van der Waals surface area (Å²) in [6.07, 6.45) is 2.81. The van der Waals surface area contributed by atoms with E-state index >= 15 is 0 Å². The van der Waals surface area contributed by atoms with E-state index in [0.717, 1.165) is 19.3 Å². The Morgan fingerprint density at radius 1 is 1.24 bits per heavy atom. The zero-order valence-corrected chi connectivity index (χ0v) is 17.8. The highest BCUT2D eigenvalue weighted by Gasteiger charge is 2.31. The fourth-order valence-corrected chi connectivity index (χ4v) is 3.04. The minimum atomic E-state index is -0.571. The van der Waals surface area contributed by atoms with Crippen molar-refractivity contribution in [1.82, 2.24) is 4.90 Å². The van der Waals surface area contributed by atoms with Crippen molar-refractivity contribution in [2.24, 2.45) is 5.92 Å². The summed E-state index contributed by atoms with van der Waals surface area (Å²) in [4.78, 5) is 38.7. The molecule has 2 rings (SSSR count). The molecular formula is C22H32N2O5.